The first-order valence-electron chi connectivity index (χ1n) is 10.3. The van der Waals surface area contributed by atoms with Gasteiger partial charge in [-0.25, -0.2) is 13.2 Å². The van der Waals surface area contributed by atoms with E-state index >= 15 is 0 Å². The molecule has 0 fully saturated rings. The predicted octanol–water partition coefficient (Wildman–Crippen LogP) is 4.52. The molecule has 162 valence electrons. The number of nitrogens with one attached hydrogen (secondary N) is 1. The summed E-state index contributed by atoms with van der Waals surface area (Å²) in [6.07, 6.45) is 1.78. The van der Waals surface area contributed by atoms with E-state index in [1.807, 2.05) is 25.1 Å². The number of sulfonamides is 1. The number of aromatic nitrogens is 1. The number of nitrogens with zero attached hydrogens (tertiary/aromatic N) is 1. The van der Waals surface area contributed by atoms with E-state index in [0.717, 1.165) is 27.6 Å². The van der Waals surface area contributed by atoms with Crippen LogP contribution in [-0.2, 0) is 21.2 Å². The van der Waals surface area contributed by atoms with Crippen molar-refractivity contribution in [1.82, 2.24) is 9.29 Å². The van der Waals surface area contributed by atoms with Gasteiger partial charge in [-0.05, 0) is 56.5 Å². The molecule has 0 saturated carbocycles. The molecule has 2 heterocycles. The third kappa shape index (κ3) is 3.68. The lowest BCUT2D eigenvalue weighted by Gasteiger charge is -2.28. The molecule has 1 atom stereocenters. The summed E-state index contributed by atoms with van der Waals surface area (Å²) in [5, 5.41) is 0.865. The second-order valence-corrected chi connectivity index (χ2v) is 9.95. The molecule has 1 aromatic heterocycles. The number of carbonyl (C=O) groups is 1. The van der Waals surface area contributed by atoms with Crippen LogP contribution in [0, 0.1) is 6.92 Å². The van der Waals surface area contributed by atoms with E-state index in [-0.39, 0.29) is 17.5 Å². The minimum atomic E-state index is -3.77. The van der Waals surface area contributed by atoms with Crippen LogP contribution in [0.25, 0.3) is 10.9 Å². The second kappa shape index (κ2) is 7.98. The fraction of sp³-hybridized carbons (Fsp3) is 0.292. The molecule has 1 N–H and O–H groups in total. The van der Waals surface area contributed by atoms with Crippen LogP contribution < -0.4 is 0 Å². The molecule has 6 nitrogen and oxygen atoms in total. The molecule has 0 amide bonds. The van der Waals surface area contributed by atoms with Crippen molar-refractivity contribution in [3.05, 3.63) is 77.5 Å². The topological polar surface area (TPSA) is 79.5 Å². The van der Waals surface area contributed by atoms with Gasteiger partial charge in [0.25, 0.3) is 0 Å². The van der Waals surface area contributed by atoms with Crippen molar-refractivity contribution in [1.29, 1.82) is 0 Å². The molecule has 4 rings (SSSR count). The summed E-state index contributed by atoms with van der Waals surface area (Å²) in [6.45, 7) is 9.66. The zero-order chi connectivity index (χ0) is 22.3. The average molecular weight is 439 g/mol. The highest BCUT2D eigenvalue weighted by molar-refractivity contribution is 7.89. The van der Waals surface area contributed by atoms with E-state index in [1.165, 1.54) is 4.31 Å². The Morgan fingerprint density at radius 2 is 1.94 bits per heavy atom. The van der Waals surface area contributed by atoms with Crippen LogP contribution in [0.4, 0.5) is 0 Å². The van der Waals surface area contributed by atoms with Gasteiger partial charge >= 0.3 is 5.97 Å². The largest absolute Gasteiger partial charge is 0.458 e. The van der Waals surface area contributed by atoms with Crippen molar-refractivity contribution in [3.8, 4) is 0 Å². The summed E-state index contributed by atoms with van der Waals surface area (Å²) >= 11 is 0. The highest BCUT2D eigenvalue weighted by Gasteiger charge is 2.36. The minimum Gasteiger partial charge on any atom is -0.458 e. The SMILES string of the molecule is C=C[C@@H]1c2cccc3[nH]c(C(=O)OC(C)C)c(c23)CCN1S(=O)(=O)c1ccc(C)cc1. The average Bonchev–Trinajstić information content (AvgIpc) is 3.00. The normalized spacial score (nSPS) is 17.0. The Labute approximate surface area is 182 Å². The van der Waals surface area contributed by atoms with E-state index in [1.54, 1.807) is 44.2 Å². The van der Waals surface area contributed by atoms with Crippen LogP contribution in [-0.4, -0.2) is 36.3 Å². The van der Waals surface area contributed by atoms with Gasteiger partial charge in [0.15, 0.2) is 0 Å². The quantitative estimate of drug-likeness (QED) is 0.469. The predicted molar refractivity (Wildman–Crippen MR) is 121 cm³/mol. The molecule has 0 unspecified atom stereocenters. The number of benzene rings is 2. The number of H-pyrrole nitrogens is 1. The lowest BCUT2D eigenvalue weighted by molar-refractivity contribution is 0.0370. The summed E-state index contributed by atoms with van der Waals surface area (Å²) in [4.78, 5) is 16.2. The van der Waals surface area contributed by atoms with Gasteiger partial charge in [-0.3, -0.25) is 0 Å². The van der Waals surface area contributed by atoms with Gasteiger partial charge in [0.05, 0.1) is 17.0 Å². The summed E-state index contributed by atoms with van der Waals surface area (Å²) < 4.78 is 34.0. The number of aromatic amines is 1. The molecule has 0 radical (unpaired) electrons. The van der Waals surface area contributed by atoms with Gasteiger partial charge in [-0.2, -0.15) is 4.31 Å². The molecular weight excluding hydrogens is 412 g/mol. The lowest BCUT2D eigenvalue weighted by atomic mass is 9.99. The molecule has 0 saturated heterocycles. The van der Waals surface area contributed by atoms with E-state index in [0.29, 0.717) is 12.1 Å². The van der Waals surface area contributed by atoms with E-state index < -0.39 is 22.0 Å². The summed E-state index contributed by atoms with van der Waals surface area (Å²) in [7, 11) is -3.77. The highest BCUT2D eigenvalue weighted by Crippen LogP contribution is 2.39. The van der Waals surface area contributed by atoms with Crippen LogP contribution >= 0.6 is 0 Å². The number of hydrogen-bond acceptors (Lipinski definition) is 4. The first-order chi connectivity index (χ1) is 14.7. The Morgan fingerprint density at radius 1 is 1.23 bits per heavy atom. The maximum Gasteiger partial charge on any atom is 0.355 e. The van der Waals surface area contributed by atoms with Crippen LogP contribution in [0.15, 0.2) is 60.0 Å². The lowest BCUT2D eigenvalue weighted by Crippen LogP contribution is -2.35. The monoisotopic (exact) mass is 438 g/mol. The van der Waals surface area contributed by atoms with Crippen molar-refractivity contribution in [2.24, 2.45) is 0 Å². The molecule has 1 aliphatic rings. The van der Waals surface area contributed by atoms with Gasteiger partial charge < -0.3 is 9.72 Å². The van der Waals surface area contributed by atoms with Crippen LogP contribution in [0.3, 0.4) is 0 Å². The molecule has 3 aromatic rings. The maximum absolute atomic E-state index is 13.6. The number of hydrogen-bond donors (Lipinski definition) is 1. The van der Waals surface area contributed by atoms with Crippen molar-refractivity contribution < 1.29 is 17.9 Å². The van der Waals surface area contributed by atoms with E-state index in [2.05, 4.69) is 11.6 Å². The van der Waals surface area contributed by atoms with Gasteiger partial charge in [0.2, 0.25) is 10.0 Å². The third-order valence-electron chi connectivity index (χ3n) is 5.57. The summed E-state index contributed by atoms with van der Waals surface area (Å²) in [5.74, 6) is -0.433. The number of aryl methyl sites for hydroxylation is 1. The zero-order valence-corrected chi connectivity index (χ0v) is 18.7. The smallest absolute Gasteiger partial charge is 0.355 e. The molecule has 2 aromatic carbocycles. The highest BCUT2D eigenvalue weighted by atomic mass is 32.2. The van der Waals surface area contributed by atoms with Crippen LogP contribution in [0.5, 0.6) is 0 Å². The van der Waals surface area contributed by atoms with Gasteiger partial charge in [0.1, 0.15) is 5.69 Å². The second-order valence-electron chi connectivity index (χ2n) is 8.06. The fourth-order valence-electron chi connectivity index (χ4n) is 4.17. The Hall–Kier alpha value is -2.90. The molecule has 1 aliphatic heterocycles. The standard InChI is InChI=1S/C24H26N2O4S/c1-5-21-18-7-6-8-20-22(18)19(23(25-20)24(27)30-15(2)3)13-14-26(21)31(28,29)17-11-9-16(4)10-12-17/h5-12,15,21,25H,1,13-14H2,2-4H3/t21-/m1/s1. The van der Waals surface area contributed by atoms with Gasteiger partial charge in [-0.1, -0.05) is 35.9 Å². The van der Waals surface area contributed by atoms with Crippen molar-refractivity contribution in [2.45, 2.75) is 44.2 Å². The zero-order valence-electron chi connectivity index (χ0n) is 17.9. The Kier molecular flexibility index (Phi) is 5.49. The van der Waals surface area contributed by atoms with E-state index in [9.17, 15) is 13.2 Å². The number of carbonyl (C=O) groups excluding carboxylic acids is 1. The number of esters is 1. The Bertz CT molecular complexity index is 1260. The number of rotatable bonds is 5. The van der Waals surface area contributed by atoms with Gasteiger partial charge in [-0.15, -0.1) is 6.58 Å². The molecular formula is C24H26N2O4S. The van der Waals surface area contributed by atoms with Crippen molar-refractivity contribution >= 4 is 26.9 Å². The summed E-state index contributed by atoms with van der Waals surface area (Å²) in [6, 6.07) is 11.9. The van der Waals surface area contributed by atoms with Crippen LogP contribution in [0.1, 0.15) is 47.1 Å². The molecule has 0 spiro atoms. The first-order valence-corrected chi connectivity index (χ1v) is 11.7. The van der Waals surface area contributed by atoms with E-state index in [4.69, 9.17) is 4.74 Å². The Balaban J connectivity index is 1.85. The van der Waals surface area contributed by atoms with Crippen LogP contribution in [0.2, 0.25) is 0 Å². The fourth-order valence-corrected chi connectivity index (χ4v) is 5.75. The van der Waals surface area contributed by atoms with Gasteiger partial charge in [0, 0.05) is 17.4 Å². The Morgan fingerprint density at radius 3 is 2.58 bits per heavy atom. The first kappa shape index (κ1) is 21.3. The summed E-state index contributed by atoms with van der Waals surface area (Å²) in [5.41, 5.74) is 3.74. The number of ether oxygens (including phenoxy) is 1. The maximum atomic E-state index is 13.6. The van der Waals surface area contributed by atoms with Crippen molar-refractivity contribution in [2.75, 3.05) is 6.54 Å². The molecule has 0 bridgehead atoms. The molecule has 7 heteroatoms. The minimum absolute atomic E-state index is 0.219. The molecule has 0 aliphatic carbocycles. The molecule has 31 heavy (non-hydrogen) atoms. The van der Waals surface area contributed by atoms with Crippen molar-refractivity contribution in [3.63, 3.8) is 0 Å². The third-order valence-corrected chi connectivity index (χ3v) is 7.46.